The van der Waals surface area contributed by atoms with Gasteiger partial charge in [-0.3, -0.25) is 14.6 Å². The molecule has 2 N–H and O–H groups in total. The predicted octanol–water partition coefficient (Wildman–Crippen LogP) is 1.42. The van der Waals surface area contributed by atoms with Gasteiger partial charge < -0.3 is 14.8 Å². The van der Waals surface area contributed by atoms with Gasteiger partial charge in [-0.2, -0.15) is 0 Å². The molecule has 150 valence electrons. The Morgan fingerprint density at radius 3 is 2.96 bits per heavy atom. The molecule has 2 aliphatic rings. The molecule has 7 heteroatoms. The third kappa shape index (κ3) is 4.79. The first-order chi connectivity index (χ1) is 13.7. The van der Waals surface area contributed by atoms with Crippen molar-refractivity contribution in [3.8, 4) is 0 Å². The molecule has 0 bridgehead atoms. The second kappa shape index (κ2) is 8.86. The molecule has 2 aromatic rings. The molecule has 0 spiro atoms. The molecule has 1 fully saturated rings. The monoisotopic (exact) mass is 384 g/mol. The van der Waals surface area contributed by atoms with Crippen LogP contribution in [-0.4, -0.2) is 64.6 Å². The summed E-state index contributed by atoms with van der Waals surface area (Å²) in [5.74, 6) is 0.361. The smallest absolute Gasteiger partial charge is 0.273 e. The predicted molar refractivity (Wildman–Crippen MR) is 105 cm³/mol. The zero-order valence-electron chi connectivity index (χ0n) is 16.1. The van der Waals surface area contributed by atoms with E-state index in [9.17, 15) is 9.90 Å². The fourth-order valence-electron chi connectivity index (χ4n) is 4.02. The molecule has 1 aromatic heterocycles. The number of carbonyl (C=O) groups excluding carboxylic acids is 1. The number of aliphatic hydroxyl groups is 1. The van der Waals surface area contributed by atoms with Crippen LogP contribution in [0.25, 0.3) is 0 Å². The average Bonchev–Trinajstić information content (AvgIpc) is 3.16. The largest absolute Gasteiger partial charge is 0.447 e. The van der Waals surface area contributed by atoms with E-state index in [0.717, 1.165) is 45.4 Å². The summed E-state index contributed by atoms with van der Waals surface area (Å²) in [6, 6.07) is 8.50. The lowest BCUT2D eigenvalue weighted by Gasteiger charge is -2.29. The first-order valence-corrected chi connectivity index (χ1v) is 10.1. The van der Waals surface area contributed by atoms with Crippen LogP contribution in [0.3, 0.4) is 0 Å². The summed E-state index contributed by atoms with van der Waals surface area (Å²) >= 11 is 0. The number of hydrogen-bond acceptors (Lipinski definition) is 6. The Bertz CT molecular complexity index is 806. The average molecular weight is 384 g/mol. The molecular formula is C21H28N4O3. The molecular weight excluding hydrogens is 356 g/mol. The topological polar surface area (TPSA) is 81.8 Å². The van der Waals surface area contributed by atoms with Crippen molar-refractivity contribution in [2.75, 3.05) is 32.7 Å². The Labute approximate surface area is 165 Å². The van der Waals surface area contributed by atoms with Crippen molar-refractivity contribution in [3.63, 3.8) is 0 Å². The van der Waals surface area contributed by atoms with E-state index >= 15 is 0 Å². The highest BCUT2D eigenvalue weighted by atomic mass is 16.3. The molecule has 3 heterocycles. The molecule has 2 aliphatic heterocycles. The van der Waals surface area contributed by atoms with Gasteiger partial charge in [-0.1, -0.05) is 24.3 Å². The number of piperidine rings is 1. The highest BCUT2D eigenvalue weighted by molar-refractivity contribution is 5.91. The molecule has 1 amide bonds. The third-order valence-corrected chi connectivity index (χ3v) is 5.55. The molecule has 4 rings (SSSR count). The van der Waals surface area contributed by atoms with Gasteiger partial charge in [-0.15, -0.1) is 0 Å². The number of β-amino-alcohol motifs (C(OH)–C–C–N with tert-alkyl or cyclic N) is 1. The van der Waals surface area contributed by atoms with Crippen molar-refractivity contribution in [2.45, 2.75) is 38.5 Å². The van der Waals surface area contributed by atoms with Gasteiger partial charge in [-0.25, -0.2) is 4.98 Å². The first kappa shape index (κ1) is 19.1. The van der Waals surface area contributed by atoms with Crippen LogP contribution in [0.5, 0.6) is 0 Å². The number of benzene rings is 1. The maximum Gasteiger partial charge on any atom is 0.273 e. The summed E-state index contributed by atoms with van der Waals surface area (Å²) in [5.41, 5.74) is 3.08. The Balaban J connectivity index is 1.24. The Morgan fingerprint density at radius 2 is 2.11 bits per heavy atom. The van der Waals surface area contributed by atoms with Gasteiger partial charge >= 0.3 is 0 Å². The second-order valence-corrected chi connectivity index (χ2v) is 7.71. The minimum Gasteiger partial charge on any atom is -0.447 e. The number of carbonyl (C=O) groups is 1. The minimum absolute atomic E-state index is 0.212. The maximum atomic E-state index is 12.3. The molecule has 1 saturated heterocycles. The van der Waals surface area contributed by atoms with Crippen LogP contribution >= 0.6 is 0 Å². The van der Waals surface area contributed by atoms with E-state index in [1.807, 2.05) is 0 Å². The lowest BCUT2D eigenvalue weighted by atomic mass is 10.00. The van der Waals surface area contributed by atoms with Crippen LogP contribution in [0.15, 0.2) is 34.9 Å². The summed E-state index contributed by atoms with van der Waals surface area (Å²) in [6.07, 6.45) is 4.09. The number of aromatic nitrogens is 1. The molecule has 0 aliphatic carbocycles. The van der Waals surface area contributed by atoms with Gasteiger partial charge in [0.15, 0.2) is 5.69 Å². The number of rotatable bonds is 6. The summed E-state index contributed by atoms with van der Waals surface area (Å²) < 4.78 is 5.53. The maximum absolute atomic E-state index is 12.3. The number of oxazole rings is 1. The van der Waals surface area contributed by atoms with Crippen LogP contribution < -0.4 is 5.32 Å². The van der Waals surface area contributed by atoms with Crippen LogP contribution in [0.4, 0.5) is 0 Å². The normalized spacial score (nSPS) is 20.7. The number of likely N-dealkylation sites (tertiary alicyclic amines) is 1. The molecule has 1 atom stereocenters. The third-order valence-electron chi connectivity index (χ3n) is 5.55. The fourth-order valence-corrected chi connectivity index (χ4v) is 4.02. The van der Waals surface area contributed by atoms with Crippen molar-refractivity contribution in [1.82, 2.24) is 20.1 Å². The second-order valence-electron chi connectivity index (χ2n) is 7.71. The Kier molecular flexibility index (Phi) is 6.04. The summed E-state index contributed by atoms with van der Waals surface area (Å²) in [4.78, 5) is 21.1. The van der Waals surface area contributed by atoms with E-state index in [4.69, 9.17) is 4.42 Å². The summed E-state index contributed by atoms with van der Waals surface area (Å²) in [5, 5.41) is 12.6. The standard InChI is InChI=1S/C21H28N4O3/c26-18-6-3-9-24(13-18)11-8-22-21(27)19-15-28-20(23-19)14-25-10-7-16-4-1-2-5-17(16)12-25/h1-2,4-5,15,18,26H,3,6-14H2,(H,22,27). The van der Waals surface area contributed by atoms with Gasteiger partial charge in [0, 0.05) is 32.7 Å². The van der Waals surface area contributed by atoms with E-state index in [-0.39, 0.29) is 12.0 Å². The number of amides is 1. The number of fused-ring (bicyclic) bond motifs is 1. The Hall–Kier alpha value is -2.22. The van der Waals surface area contributed by atoms with Crippen molar-refractivity contribution in [2.24, 2.45) is 0 Å². The quantitative estimate of drug-likeness (QED) is 0.784. The summed E-state index contributed by atoms with van der Waals surface area (Å²) in [7, 11) is 0. The highest BCUT2D eigenvalue weighted by Gasteiger charge is 2.20. The van der Waals surface area contributed by atoms with Crippen LogP contribution in [-0.2, 0) is 19.5 Å². The number of nitrogens with one attached hydrogen (secondary N) is 1. The number of hydrogen-bond donors (Lipinski definition) is 2. The van der Waals surface area contributed by atoms with Crippen LogP contribution in [0, 0.1) is 0 Å². The molecule has 1 aromatic carbocycles. The SMILES string of the molecule is O=C(NCCN1CCCC(O)C1)c1coc(CN2CCc3ccccc3C2)n1. The number of aliphatic hydroxyl groups excluding tert-OH is 1. The number of nitrogens with zero attached hydrogens (tertiary/aromatic N) is 3. The van der Waals surface area contributed by atoms with Crippen molar-refractivity contribution < 1.29 is 14.3 Å². The van der Waals surface area contributed by atoms with Gasteiger partial charge in [0.1, 0.15) is 6.26 Å². The van der Waals surface area contributed by atoms with E-state index in [0.29, 0.717) is 31.2 Å². The molecule has 28 heavy (non-hydrogen) atoms. The van der Waals surface area contributed by atoms with Crippen molar-refractivity contribution >= 4 is 5.91 Å². The summed E-state index contributed by atoms with van der Waals surface area (Å²) in [6.45, 7) is 5.37. The van der Waals surface area contributed by atoms with Crippen molar-refractivity contribution in [3.05, 3.63) is 53.2 Å². The fraction of sp³-hybridized carbons (Fsp3) is 0.524. The van der Waals surface area contributed by atoms with Gasteiger partial charge in [0.2, 0.25) is 5.89 Å². The van der Waals surface area contributed by atoms with Gasteiger partial charge in [0.05, 0.1) is 12.6 Å². The van der Waals surface area contributed by atoms with E-state index in [2.05, 4.69) is 44.4 Å². The lowest BCUT2D eigenvalue weighted by molar-refractivity contribution is 0.0702. The van der Waals surface area contributed by atoms with Gasteiger partial charge in [-0.05, 0) is 36.9 Å². The van der Waals surface area contributed by atoms with Gasteiger partial charge in [0.25, 0.3) is 5.91 Å². The molecule has 7 nitrogen and oxygen atoms in total. The Morgan fingerprint density at radius 1 is 1.25 bits per heavy atom. The molecule has 0 radical (unpaired) electrons. The zero-order valence-corrected chi connectivity index (χ0v) is 16.1. The molecule has 1 unspecified atom stereocenters. The van der Waals surface area contributed by atoms with E-state index < -0.39 is 0 Å². The van der Waals surface area contributed by atoms with E-state index in [1.54, 1.807) is 0 Å². The minimum atomic E-state index is -0.246. The lowest BCUT2D eigenvalue weighted by Crippen LogP contribution is -2.42. The first-order valence-electron chi connectivity index (χ1n) is 10.1. The van der Waals surface area contributed by atoms with E-state index in [1.165, 1.54) is 17.4 Å². The highest BCUT2D eigenvalue weighted by Crippen LogP contribution is 2.20. The molecule has 0 saturated carbocycles. The van der Waals surface area contributed by atoms with Crippen molar-refractivity contribution in [1.29, 1.82) is 0 Å². The van der Waals surface area contributed by atoms with Crippen LogP contribution in [0.2, 0.25) is 0 Å². The van der Waals surface area contributed by atoms with Crippen LogP contribution in [0.1, 0.15) is 40.3 Å². The zero-order chi connectivity index (χ0) is 19.3.